The minimum absolute atomic E-state index is 0.124. The van der Waals surface area contributed by atoms with Gasteiger partial charge in [-0.05, 0) is 36.4 Å². The Bertz CT molecular complexity index is 1140. The van der Waals surface area contributed by atoms with E-state index in [1.807, 2.05) is 0 Å². The summed E-state index contributed by atoms with van der Waals surface area (Å²) >= 11 is 12.4. The molecule has 0 radical (unpaired) electrons. The summed E-state index contributed by atoms with van der Waals surface area (Å²) in [7, 11) is -3.07. The van der Waals surface area contributed by atoms with E-state index in [-0.39, 0.29) is 22.1 Å². The van der Waals surface area contributed by atoms with Gasteiger partial charge in [-0.15, -0.1) is 0 Å². The quantitative estimate of drug-likeness (QED) is 0.271. The Kier molecular flexibility index (Phi) is 8.82. The summed E-state index contributed by atoms with van der Waals surface area (Å²) < 4.78 is 30.6. The highest BCUT2D eigenvalue weighted by Crippen LogP contribution is 2.59. The third kappa shape index (κ3) is 6.90. The van der Waals surface area contributed by atoms with Gasteiger partial charge in [0.25, 0.3) is 0 Å². The average molecular weight is 523 g/mol. The first-order valence-electron chi connectivity index (χ1n) is 9.96. The second-order valence-electron chi connectivity index (χ2n) is 6.82. The van der Waals surface area contributed by atoms with E-state index >= 15 is 0 Å². The third-order valence-electron chi connectivity index (χ3n) is 4.41. The lowest BCUT2D eigenvalue weighted by Gasteiger charge is -2.29. The number of esters is 1. The number of hydrogen-bond acceptors (Lipinski definition) is 6. The molecule has 3 rings (SSSR count). The molecule has 178 valence electrons. The number of nitrogens with one attached hydrogen (secondary N) is 2. The molecule has 8 nitrogen and oxygen atoms in total. The molecule has 0 saturated carbocycles. The lowest BCUT2D eigenvalue weighted by atomic mass is 10.2. The zero-order valence-electron chi connectivity index (χ0n) is 17.9. The molecule has 3 aromatic rings. The summed E-state index contributed by atoms with van der Waals surface area (Å²) in [4.78, 5) is 24.1. The van der Waals surface area contributed by atoms with Crippen LogP contribution in [-0.2, 0) is 14.1 Å². The molecule has 3 aromatic carbocycles. The van der Waals surface area contributed by atoms with Gasteiger partial charge in [-0.3, -0.25) is 4.79 Å². The van der Waals surface area contributed by atoms with Crippen LogP contribution in [0.5, 0.6) is 11.5 Å². The van der Waals surface area contributed by atoms with Crippen LogP contribution >= 0.6 is 30.8 Å². The van der Waals surface area contributed by atoms with Crippen LogP contribution < -0.4 is 19.7 Å². The number of carbonyl (C=O) groups excluding carboxylic acids is 2. The number of methoxy groups -OCH3 is 1. The van der Waals surface area contributed by atoms with Gasteiger partial charge in [-0.25, -0.2) is 9.36 Å². The van der Waals surface area contributed by atoms with Crippen molar-refractivity contribution in [3.05, 3.63) is 94.5 Å². The monoisotopic (exact) mass is 522 g/mol. The molecular formula is C23H21Cl2N2O6P. The molecule has 0 aliphatic heterocycles. The maximum absolute atomic E-state index is 14.3. The van der Waals surface area contributed by atoms with Crippen LogP contribution in [0.1, 0.15) is 11.3 Å². The van der Waals surface area contributed by atoms with Gasteiger partial charge < -0.3 is 24.4 Å². The number of amides is 2. The maximum atomic E-state index is 14.3. The standard InChI is InChI=1S/C23H21Cl2N2O6P/c1-31-21(28)15-26-23(29)27-22(19-13-12-16(24)14-20(19)25)34(30,32-17-8-4-2-5-9-17)33-18-10-6-3-7-11-18/h2-14,22H,15H2,1H3,(H2,26,27,29). The first-order valence-corrected chi connectivity index (χ1v) is 12.3. The van der Waals surface area contributed by atoms with Crippen LogP contribution in [0.2, 0.25) is 10.0 Å². The summed E-state index contributed by atoms with van der Waals surface area (Å²) in [6.07, 6.45) is 0. The van der Waals surface area contributed by atoms with E-state index in [4.69, 9.17) is 32.2 Å². The smallest absolute Gasteiger partial charge is 0.457 e. The van der Waals surface area contributed by atoms with E-state index < -0.39 is 31.9 Å². The van der Waals surface area contributed by atoms with Crippen molar-refractivity contribution in [1.29, 1.82) is 0 Å². The first kappa shape index (κ1) is 25.4. The highest BCUT2D eigenvalue weighted by Gasteiger charge is 2.43. The number of rotatable bonds is 9. The molecule has 0 bridgehead atoms. The van der Waals surface area contributed by atoms with Crippen molar-refractivity contribution in [2.45, 2.75) is 5.78 Å². The normalized spacial score (nSPS) is 11.7. The molecule has 0 aliphatic rings. The Hall–Kier alpha value is -3.19. The van der Waals surface area contributed by atoms with Gasteiger partial charge >= 0.3 is 19.6 Å². The molecule has 0 aliphatic carbocycles. The van der Waals surface area contributed by atoms with Gasteiger partial charge in [0.15, 0.2) is 5.78 Å². The molecule has 0 spiro atoms. The van der Waals surface area contributed by atoms with Crippen molar-refractivity contribution in [1.82, 2.24) is 10.6 Å². The van der Waals surface area contributed by atoms with Crippen molar-refractivity contribution >= 4 is 42.8 Å². The van der Waals surface area contributed by atoms with E-state index in [0.29, 0.717) is 5.02 Å². The molecule has 2 N–H and O–H groups in total. The predicted molar refractivity (Wildman–Crippen MR) is 129 cm³/mol. The van der Waals surface area contributed by atoms with E-state index in [2.05, 4.69) is 15.4 Å². The topological polar surface area (TPSA) is 103 Å². The van der Waals surface area contributed by atoms with E-state index in [0.717, 1.165) is 0 Å². The number of halogens is 2. The second kappa shape index (κ2) is 11.8. The average Bonchev–Trinajstić information content (AvgIpc) is 2.82. The van der Waals surface area contributed by atoms with Crippen molar-refractivity contribution in [2.24, 2.45) is 0 Å². The van der Waals surface area contributed by atoms with Gasteiger partial charge in [-0.2, -0.15) is 0 Å². The predicted octanol–water partition coefficient (Wildman–Crippen LogP) is 5.82. The first-order chi connectivity index (χ1) is 16.3. The lowest BCUT2D eigenvalue weighted by molar-refractivity contribution is -0.139. The molecule has 0 fully saturated rings. The molecule has 0 heterocycles. The molecule has 0 saturated heterocycles. The Labute approximate surface area is 206 Å². The number of carbonyl (C=O) groups is 2. The fraction of sp³-hybridized carbons (Fsp3) is 0.130. The Morgan fingerprint density at radius 3 is 1.97 bits per heavy atom. The van der Waals surface area contributed by atoms with Crippen LogP contribution in [0.3, 0.4) is 0 Å². The Balaban J connectivity index is 2.04. The minimum Gasteiger partial charge on any atom is -0.468 e. The number of ether oxygens (including phenoxy) is 1. The van der Waals surface area contributed by atoms with Crippen molar-refractivity contribution in [3.63, 3.8) is 0 Å². The molecule has 2 amide bonds. The van der Waals surface area contributed by atoms with E-state index in [9.17, 15) is 14.2 Å². The van der Waals surface area contributed by atoms with Gasteiger partial charge in [0, 0.05) is 15.6 Å². The molecule has 11 heteroatoms. The summed E-state index contributed by atoms with van der Waals surface area (Å²) in [6.45, 7) is -0.410. The lowest BCUT2D eigenvalue weighted by Crippen LogP contribution is -2.41. The fourth-order valence-corrected chi connectivity index (χ4v) is 5.34. The van der Waals surface area contributed by atoms with Crippen LogP contribution in [0.25, 0.3) is 0 Å². The van der Waals surface area contributed by atoms with E-state index in [1.165, 1.54) is 25.3 Å². The van der Waals surface area contributed by atoms with Crippen LogP contribution in [0.15, 0.2) is 78.9 Å². The Morgan fingerprint density at radius 1 is 0.912 bits per heavy atom. The van der Waals surface area contributed by atoms with Crippen LogP contribution in [0.4, 0.5) is 4.79 Å². The molecule has 1 unspecified atom stereocenters. The Morgan fingerprint density at radius 2 is 1.47 bits per heavy atom. The van der Waals surface area contributed by atoms with E-state index in [1.54, 1.807) is 60.7 Å². The van der Waals surface area contributed by atoms with Crippen molar-refractivity contribution < 1.29 is 27.9 Å². The largest absolute Gasteiger partial charge is 0.468 e. The van der Waals surface area contributed by atoms with Crippen molar-refractivity contribution in [3.8, 4) is 11.5 Å². The number of hydrogen-bond donors (Lipinski definition) is 2. The van der Waals surface area contributed by atoms with Gasteiger partial charge in [0.2, 0.25) is 0 Å². The van der Waals surface area contributed by atoms with Gasteiger partial charge in [0.05, 0.1) is 7.11 Å². The maximum Gasteiger partial charge on any atom is 0.457 e. The molecule has 0 aromatic heterocycles. The van der Waals surface area contributed by atoms with Crippen LogP contribution in [-0.4, -0.2) is 25.7 Å². The number of urea groups is 1. The summed E-state index contributed by atoms with van der Waals surface area (Å²) in [5, 5.41) is 5.36. The highest BCUT2D eigenvalue weighted by atomic mass is 35.5. The third-order valence-corrected chi connectivity index (χ3v) is 6.95. The number of benzene rings is 3. The molecule has 34 heavy (non-hydrogen) atoms. The van der Waals surface area contributed by atoms with Gasteiger partial charge in [-0.1, -0.05) is 65.7 Å². The van der Waals surface area contributed by atoms with Crippen molar-refractivity contribution in [2.75, 3.05) is 13.7 Å². The fourth-order valence-electron chi connectivity index (χ4n) is 2.83. The molecular weight excluding hydrogens is 502 g/mol. The zero-order chi connectivity index (χ0) is 24.6. The minimum atomic E-state index is -4.26. The van der Waals surface area contributed by atoms with Crippen LogP contribution in [0, 0.1) is 0 Å². The molecule has 1 atom stereocenters. The number of para-hydroxylation sites is 2. The SMILES string of the molecule is COC(=O)CNC(=O)NC(c1ccc(Cl)cc1Cl)P(=O)(Oc1ccccc1)Oc1ccccc1. The summed E-state index contributed by atoms with van der Waals surface area (Å²) in [5.41, 5.74) is 0.231. The van der Waals surface area contributed by atoms with Gasteiger partial charge in [0.1, 0.15) is 18.0 Å². The zero-order valence-corrected chi connectivity index (χ0v) is 20.3. The summed E-state index contributed by atoms with van der Waals surface area (Å²) in [6, 6.07) is 20.4. The second-order valence-corrected chi connectivity index (χ2v) is 9.62. The highest BCUT2D eigenvalue weighted by molar-refractivity contribution is 7.55. The summed E-state index contributed by atoms with van der Waals surface area (Å²) in [5.74, 6) is -1.56.